The van der Waals surface area contributed by atoms with Crippen molar-refractivity contribution in [3.05, 3.63) is 24.3 Å². The van der Waals surface area contributed by atoms with Crippen molar-refractivity contribution < 1.29 is 39.5 Å². The van der Waals surface area contributed by atoms with E-state index in [9.17, 15) is 24.9 Å². The van der Waals surface area contributed by atoms with Crippen molar-refractivity contribution in [1.29, 1.82) is 0 Å². The van der Waals surface area contributed by atoms with Gasteiger partial charge in [0.2, 0.25) is 0 Å². The molecule has 0 saturated carbocycles. The van der Waals surface area contributed by atoms with E-state index in [0.717, 1.165) is 44.9 Å². The average molecular weight is 711 g/mol. The highest BCUT2D eigenvalue weighted by Gasteiger charge is 2.39. The van der Waals surface area contributed by atoms with E-state index in [-0.39, 0.29) is 19.2 Å². The van der Waals surface area contributed by atoms with Crippen LogP contribution in [0.4, 0.5) is 0 Å². The molecule has 1 saturated heterocycles. The molecule has 1 aliphatic heterocycles. The first-order chi connectivity index (χ1) is 24.3. The molecule has 1 heterocycles. The first-order valence-corrected chi connectivity index (χ1v) is 20.7. The number of carbonyl (C=O) groups excluding carboxylic acids is 1. The van der Waals surface area contributed by atoms with Gasteiger partial charge < -0.3 is 29.9 Å². The van der Waals surface area contributed by atoms with Gasteiger partial charge >= 0.3 is 11.9 Å². The van der Waals surface area contributed by atoms with E-state index in [1.165, 1.54) is 122 Å². The molecule has 8 nitrogen and oxygen atoms in total. The Morgan fingerprint density at radius 3 is 1.52 bits per heavy atom. The van der Waals surface area contributed by atoms with Gasteiger partial charge in [0.1, 0.15) is 31.0 Å². The molecule has 0 unspecified atom stereocenters. The number of unbranched alkanes of at least 4 members (excludes halogenated alkanes) is 22. The number of aliphatic hydroxyl groups excluding tert-OH is 3. The lowest BCUT2D eigenvalue weighted by atomic mass is 10.0. The molecule has 0 bridgehead atoms. The minimum absolute atomic E-state index is 0.0179. The lowest BCUT2D eigenvalue weighted by Crippen LogP contribution is -2.41. The maximum absolute atomic E-state index is 11.8. The number of carbonyl (C=O) groups is 2. The van der Waals surface area contributed by atoms with Crippen LogP contribution in [0.1, 0.15) is 194 Å². The van der Waals surface area contributed by atoms with Crippen LogP contribution in [0.3, 0.4) is 0 Å². The van der Waals surface area contributed by atoms with Gasteiger partial charge in [-0.3, -0.25) is 9.59 Å². The van der Waals surface area contributed by atoms with Crippen LogP contribution in [0.2, 0.25) is 0 Å². The molecule has 4 N–H and O–H groups in total. The highest BCUT2D eigenvalue weighted by Crippen LogP contribution is 2.18. The lowest BCUT2D eigenvalue weighted by molar-refractivity contribution is -0.151. The third kappa shape index (κ3) is 32.2. The number of ether oxygens (including phenoxy) is 2. The summed E-state index contributed by atoms with van der Waals surface area (Å²) in [5, 5.41) is 37.5. The lowest BCUT2D eigenvalue weighted by Gasteiger charge is -2.20. The Morgan fingerprint density at radius 1 is 0.640 bits per heavy atom. The van der Waals surface area contributed by atoms with Gasteiger partial charge in [0, 0.05) is 12.8 Å². The second kappa shape index (κ2) is 37.0. The van der Waals surface area contributed by atoms with Gasteiger partial charge in [0.05, 0.1) is 6.61 Å². The van der Waals surface area contributed by atoms with Gasteiger partial charge in [-0.15, -0.1) is 0 Å². The maximum atomic E-state index is 11.8. The Hall–Kier alpha value is -1.74. The van der Waals surface area contributed by atoms with Crippen LogP contribution in [0.5, 0.6) is 0 Å². The zero-order valence-corrected chi connectivity index (χ0v) is 32.3. The van der Waals surface area contributed by atoms with Crippen LogP contribution in [-0.2, 0) is 19.1 Å². The molecule has 1 fully saturated rings. The Balaban J connectivity index is 0.00000105. The molecule has 8 heteroatoms. The minimum Gasteiger partial charge on any atom is -0.481 e. The number of aliphatic carboxylic acids is 1. The molecule has 0 radical (unpaired) electrons. The van der Waals surface area contributed by atoms with E-state index in [2.05, 4.69) is 38.2 Å². The summed E-state index contributed by atoms with van der Waals surface area (Å²) >= 11 is 0. The van der Waals surface area contributed by atoms with Crippen molar-refractivity contribution in [2.45, 2.75) is 218 Å². The van der Waals surface area contributed by atoms with Crippen LogP contribution in [0, 0.1) is 0 Å². The number of aliphatic hydroxyl groups is 3. The van der Waals surface area contributed by atoms with Gasteiger partial charge in [-0.25, -0.2) is 0 Å². The predicted octanol–water partition coefficient (Wildman–Crippen LogP) is 10.2. The van der Waals surface area contributed by atoms with E-state index in [0.29, 0.717) is 12.8 Å². The molecule has 50 heavy (non-hydrogen) atoms. The van der Waals surface area contributed by atoms with Crippen molar-refractivity contribution in [1.82, 2.24) is 0 Å². The summed E-state index contributed by atoms with van der Waals surface area (Å²) in [5.41, 5.74) is 0. The van der Waals surface area contributed by atoms with E-state index in [1.807, 2.05) is 0 Å². The summed E-state index contributed by atoms with van der Waals surface area (Å²) < 4.78 is 10.2. The first-order valence-electron chi connectivity index (χ1n) is 20.7. The number of rotatable bonds is 33. The van der Waals surface area contributed by atoms with Gasteiger partial charge in [-0.05, 0) is 44.9 Å². The number of hydrogen-bond donors (Lipinski definition) is 4. The Labute approximate surface area is 306 Å². The summed E-state index contributed by atoms with van der Waals surface area (Å²) in [6, 6.07) is 0. The van der Waals surface area contributed by atoms with Gasteiger partial charge in [-0.1, -0.05) is 160 Å². The Morgan fingerprint density at radius 2 is 1.06 bits per heavy atom. The molecule has 1 rings (SSSR count). The smallest absolute Gasteiger partial charge is 0.305 e. The van der Waals surface area contributed by atoms with Crippen molar-refractivity contribution in [2.24, 2.45) is 0 Å². The van der Waals surface area contributed by atoms with Gasteiger partial charge in [0.25, 0.3) is 0 Å². The molecule has 294 valence electrons. The highest BCUT2D eigenvalue weighted by atomic mass is 16.6. The van der Waals surface area contributed by atoms with Crippen LogP contribution < -0.4 is 0 Å². The maximum Gasteiger partial charge on any atom is 0.305 e. The standard InChI is InChI=1S/C24H46O6.C18H32O2/c1-2-3-4-5-6-7-8-9-10-11-12-13-14-15-16-17-22(27)29-19-21(26)24-23(28)20(25)18-30-24;1-2-3-4-5-6-7-8-9-10-11-12-13-14-15-16-17-18(19)20/h20-21,23-26,28H,2-19H2,1H3;6-7,9-10H,2-5,8,11-17H2,1H3,(H,19,20)/b;7-6-,10-9-/t20-,21+,23+,24+;/m0./s1. The number of carboxylic acids is 1. The van der Waals surface area contributed by atoms with E-state index < -0.39 is 30.4 Å². The largest absolute Gasteiger partial charge is 0.481 e. The summed E-state index contributed by atoms with van der Waals surface area (Å²) in [6.07, 6.45) is 37.7. The average Bonchev–Trinajstić information content (AvgIpc) is 3.44. The highest BCUT2D eigenvalue weighted by molar-refractivity contribution is 5.69. The summed E-state index contributed by atoms with van der Waals surface area (Å²) in [5.74, 6) is -1.01. The molecule has 0 aliphatic carbocycles. The van der Waals surface area contributed by atoms with E-state index in [1.54, 1.807) is 0 Å². The van der Waals surface area contributed by atoms with Crippen LogP contribution in [0.15, 0.2) is 24.3 Å². The van der Waals surface area contributed by atoms with Crippen LogP contribution in [-0.4, -0.2) is 70.0 Å². The summed E-state index contributed by atoms with van der Waals surface area (Å²) in [7, 11) is 0. The fourth-order valence-electron chi connectivity index (χ4n) is 6.04. The fraction of sp³-hybridized carbons (Fsp3) is 0.857. The topological polar surface area (TPSA) is 134 Å². The minimum atomic E-state index is -1.14. The number of allylic oxidation sites excluding steroid dienone is 4. The molecular formula is C42H78O8. The zero-order chi connectivity index (χ0) is 36.9. The van der Waals surface area contributed by atoms with Crippen LogP contribution in [0.25, 0.3) is 0 Å². The summed E-state index contributed by atoms with van der Waals surface area (Å²) in [6.45, 7) is 4.26. The third-order valence-electron chi connectivity index (χ3n) is 9.31. The molecule has 1 aliphatic rings. The van der Waals surface area contributed by atoms with E-state index in [4.69, 9.17) is 14.6 Å². The van der Waals surface area contributed by atoms with E-state index >= 15 is 0 Å². The molecule has 0 aromatic heterocycles. The number of esters is 1. The van der Waals surface area contributed by atoms with Crippen LogP contribution >= 0.6 is 0 Å². The normalized spacial score (nSPS) is 18.1. The van der Waals surface area contributed by atoms with Gasteiger partial charge in [-0.2, -0.15) is 0 Å². The second-order valence-corrected chi connectivity index (χ2v) is 14.2. The molecule has 0 spiro atoms. The Kier molecular flexibility index (Phi) is 35.7. The molecule has 4 atom stereocenters. The van der Waals surface area contributed by atoms with Crippen molar-refractivity contribution in [3.63, 3.8) is 0 Å². The zero-order valence-electron chi connectivity index (χ0n) is 32.3. The second-order valence-electron chi connectivity index (χ2n) is 14.2. The summed E-state index contributed by atoms with van der Waals surface area (Å²) in [4.78, 5) is 22.1. The number of carboxylic acid groups (broad SMARTS) is 1. The SMILES string of the molecule is CCCCC/C=C\C/C=C\CCCCCCCC(=O)O.CCCCCCCCCCCCCCCCCC(=O)OC[C@@H](O)[C@H]1OC[C@H](O)[C@H]1O. The molecular weight excluding hydrogens is 632 g/mol. The quantitative estimate of drug-likeness (QED) is 0.0300. The fourth-order valence-corrected chi connectivity index (χ4v) is 6.04. The molecule has 0 aromatic rings. The number of hydrogen-bond acceptors (Lipinski definition) is 7. The first kappa shape index (κ1) is 48.3. The van der Waals surface area contributed by atoms with Crippen molar-refractivity contribution in [2.75, 3.05) is 13.2 Å². The third-order valence-corrected chi connectivity index (χ3v) is 9.31. The molecule has 0 aromatic carbocycles. The van der Waals surface area contributed by atoms with Crippen molar-refractivity contribution >= 4 is 11.9 Å². The molecule has 0 amide bonds. The monoisotopic (exact) mass is 711 g/mol. The van der Waals surface area contributed by atoms with Crippen molar-refractivity contribution in [3.8, 4) is 0 Å². The van der Waals surface area contributed by atoms with Gasteiger partial charge in [0.15, 0.2) is 0 Å². The predicted molar refractivity (Wildman–Crippen MR) is 205 cm³/mol. The Bertz CT molecular complexity index is 814.